The largest absolute Gasteiger partial charge is 0.303 e. The second kappa shape index (κ2) is 31.0. The molecule has 0 N–H and O–H groups in total. The molecule has 0 atom stereocenters. The average molecular weight is 426 g/mol. The van der Waals surface area contributed by atoms with Crippen molar-refractivity contribution in [3.63, 3.8) is 0 Å². The van der Waals surface area contributed by atoms with Crippen LogP contribution in [-0.2, 0) is 4.79 Å². The van der Waals surface area contributed by atoms with Gasteiger partial charge in [0.25, 0.3) is 0 Å². The van der Waals surface area contributed by atoms with Crippen LogP contribution in [0.15, 0.2) is 0 Å². The van der Waals surface area contributed by atoms with Gasteiger partial charge in [0, 0.05) is 6.42 Å². The summed E-state index contributed by atoms with van der Waals surface area (Å²) in [5, 5.41) is 0. The van der Waals surface area contributed by atoms with E-state index in [1.54, 1.807) is 0 Å². The third-order valence-electron chi connectivity index (χ3n) is 5.43. The predicted molar refractivity (Wildman–Crippen MR) is 128 cm³/mol. The molecule has 0 amide bonds. The van der Waals surface area contributed by atoms with Crippen LogP contribution in [0.4, 0.5) is 0 Å². The van der Waals surface area contributed by atoms with Crippen molar-refractivity contribution in [3.05, 3.63) is 0 Å². The van der Waals surface area contributed by atoms with Crippen molar-refractivity contribution >= 4 is 31.1 Å². The Hall–Kier alpha value is 0.250. The Balaban J connectivity index is -0.00000288. The van der Waals surface area contributed by atoms with Crippen LogP contribution in [-0.4, -0.2) is 6.29 Å². The number of aldehydes is 1. The molecule has 0 rings (SSSR count). The maximum absolute atomic E-state index is 10.2. The van der Waals surface area contributed by atoms with Crippen molar-refractivity contribution in [2.75, 3.05) is 0 Å². The highest BCUT2D eigenvalue weighted by Gasteiger charge is 1.95. The first-order valence-electron chi connectivity index (χ1n) is 11.9. The van der Waals surface area contributed by atoms with Crippen molar-refractivity contribution < 1.29 is 4.79 Å². The van der Waals surface area contributed by atoms with Gasteiger partial charge in [-0.1, -0.05) is 135 Å². The Labute approximate surface area is 184 Å². The van der Waals surface area contributed by atoms with E-state index in [0.717, 1.165) is 19.1 Å². The molecule has 0 aliphatic carbocycles. The Morgan fingerprint density at radius 3 is 0.852 bits per heavy atom. The van der Waals surface area contributed by atoms with Gasteiger partial charge in [0.05, 0.1) is 0 Å². The van der Waals surface area contributed by atoms with E-state index in [1.807, 2.05) is 0 Å². The van der Waals surface area contributed by atoms with E-state index in [-0.39, 0.29) is 24.8 Å². The van der Waals surface area contributed by atoms with Crippen LogP contribution in [0.5, 0.6) is 0 Å². The van der Waals surface area contributed by atoms with Gasteiger partial charge in [0.2, 0.25) is 0 Å². The number of rotatable bonds is 22. The standard InChI is InChI=1S/C24H48O.2ClH/c1-2-3-4-5-6-7-8-9-10-11-12-13-14-15-16-17-18-19-20-21-22-23-24-25;;/h24H,2-23H2,1H3;2*1H. The number of unbranched alkanes of at least 4 members (excludes halogenated alkanes) is 21. The molecule has 166 valence electrons. The van der Waals surface area contributed by atoms with Gasteiger partial charge < -0.3 is 4.79 Å². The average Bonchev–Trinajstić information content (AvgIpc) is 2.63. The van der Waals surface area contributed by atoms with Crippen LogP contribution >= 0.6 is 24.8 Å². The number of halogens is 2. The first-order chi connectivity index (χ1) is 12.4. The van der Waals surface area contributed by atoms with E-state index < -0.39 is 0 Å². The first-order valence-corrected chi connectivity index (χ1v) is 11.9. The molecule has 0 radical (unpaired) electrons. The Morgan fingerprint density at radius 1 is 0.407 bits per heavy atom. The third-order valence-corrected chi connectivity index (χ3v) is 5.43. The summed E-state index contributed by atoms with van der Waals surface area (Å²) in [6.45, 7) is 2.29. The molecule has 0 fully saturated rings. The zero-order valence-electron chi connectivity index (χ0n) is 18.4. The van der Waals surface area contributed by atoms with E-state index >= 15 is 0 Å². The zero-order valence-corrected chi connectivity index (χ0v) is 20.0. The first kappa shape index (κ1) is 31.9. The Morgan fingerprint density at radius 2 is 0.630 bits per heavy atom. The summed E-state index contributed by atoms with van der Waals surface area (Å²) in [5.41, 5.74) is 0. The van der Waals surface area contributed by atoms with Gasteiger partial charge >= 0.3 is 0 Å². The second-order valence-corrected chi connectivity index (χ2v) is 8.03. The van der Waals surface area contributed by atoms with E-state index in [4.69, 9.17) is 0 Å². The summed E-state index contributed by atoms with van der Waals surface area (Å²) in [6.07, 6.45) is 31.5. The highest BCUT2D eigenvalue weighted by Crippen LogP contribution is 2.15. The van der Waals surface area contributed by atoms with E-state index in [0.29, 0.717) is 0 Å². The smallest absolute Gasteiger partial charge is 0.119 e. The highest BCUT2D eigenvalue weighted by atomic mass is 35.5. The molecule has 0 saturated carbocycles. The van der Waals surface area contributed by atoms with E-state index in [2.05, 4.69) is 6.92 Å². The van der Waals surface area contributed by atoms with Crippen LogP contribution in [0.1, 0.15) is 148 Å². The van der Waals surface area contributed by atoms with Gasteiger partial charge in [0.15, 0.2) is 0 Å². The fourth-order valence-corrected chi connectivity index (χ4v) is 3.66. The van der Waals surface area contributed by atoms with Crippen molar-refractivity contribution in [1.82, 2.24) is 0 Å². The molecule has 0 heterocycles. The van der Waals surface area contributed by atoms with Gasteiger partial charge in [-0.2, -0.15) is 0 Å². The van der Waals surface area contributed by atoms with Crippen LogP contribution in [0.25, 0.3) is 0 Å². The van der Waals surface area contributed by atoms with Gasteiger partial charge in [-0.05, 0) is 6.42 Å². The summed E-state index contributed by atoms with van der Waals surface area (Å²) < 4.78 is 0. The van der Waals surface area contributed by atoms with Crippen molar-refractivity contribution in [1.29, 1.82) is 0 Å². The molecule has 0 spiro atoms. The lowest BCUT2D eigenvalue weighted by atomic mass is 10.0. The lowest BCUT2D eigenvalue weighted by Crippen LogP contribution is -1.84. The molecule has 0 aromatic carbocycles. The second-order valence-electron chi connectivity index (χ2n) is 8.03. The van der Waals surface area contributed by atoms with Crippen molar-refractivity contribution in [2.45, 2.75) is 148 Å². The molecule has 27 heavy (non-hydrogen) atoms. The molecule has 3 heteroatoms. The van der Waals surface area contributed by atoms with Crippen LogP contribution in [0.2, 0.25) is 0 Å². The summed E-state index contributed by atoms with van der Waals surface area (Å²) in [5.74, 6) is 0. The van der Waals surface area contributed by atoms with Crippen molar-refractivity contribution in [3.8, 4) is 0 Å². The topological polar surface area (TPSA) is 17.1 Å². The van der Waals surface area contributed by atoms with E-state index in [9.17, 15) is 4.79 Å². The van der Waals surface area contributed by atoms with Crippen LogP contribution in [0.3, 0.4) is 0 Å². The minimum absolute atomic E-state index is 0. The van der Waals surface area contributed by atoms with Gasteiger partial charge in [-0.3, -0.25) is 0 Å². The summed E-state index contributed by atoms with van der Waals surface area (Å²) in [6, 6.07) is 0. The monoisotopic (exact) mass is 424 g/mol. The molecule has 0 bridgehead atoms. The zero-order chi connectivity index (χ0) is 18.3. The molecule has 0 saturated heterocycles. The summed E-state index contributed by atoms with van der Waals surface area (Å²) >= 11 is 0. The van der Waals surface area contributed by atoms with Gasteiger partial charge in [-0.25, -0.2) is 0 Å². The molecule has 0 aromatic heterocycles. The Kier molecular flexibility index (Phi) is 36.6. The minimum Gasteiger partial charge on any atom is -0.303 e. The Bertz CT molecular complexity index is 247. The molecular weight excluding hydrogens is 375 g/mol. The minimum atomic E-state index is 0. The number of carbonyl (C=O) groups is 1. The SMILES string of the molecule is CCCCCCCCCCCCCCCCCCCCCCCC=O.Cl.Cl. The van der Waals surface area contributed by atoms with E-state index in [1.165, 1.54) is 128 Å². The predicted octanol–water partition coefficient (Wildman–Crippen LogP) is 9.63. The molecular formula is C24H50Cl2O. The van der Waals surface area contributed by atoms with Gasteiger partial charge in [-0.15, -0.1) is 24.8 Å². The van der Waals surface area contributed by atoms with Crippen LogP contribution < -0.4 is 0 Å². The lowest BCUT2D eigenvalue weighted by Gasteiger charge is -2.04. The molecule has 1 nitrogen and oxygen atoms in total. The van der Waals surface area contributed by atoms with Crippen LogP contribution in [0, 0.1) is 0 Å². The quantitative estimate of drug-likeness (QED) is 0.125. The number of carbonyl (C=O) groups excluding carboxylic acids is 1. The fourth-order valence-electron chi connectivity index (χ4n) is 3.66. The maximum atomic E-state index is 10.2. The number of hydrogen-bond acceptors (Lipinski definition) is 1. The molecule has 0 aliphatic heterocycles. The fraction of sp³-hybridized carbons (Fsp3) is 0.958. The highest BCUT2D eigenvalue weighted by molar-refractivity contribution is 5.85. The maximum Gasteiger partial charge on any atom is 0.119 e. The summed E-state index contributed by atoms with van der Waals surface area (Å²) in [7, 11) is 0. The van der Waals surface area contributed by atoms with Gasteiger partial charge in [0.1, 0.15) is 6.29 Å². The third kappa shape index (κ3) is 31.2. The number of hydrogen-bond donors (Lipinski definition) is 0. The molecule has 0 aromatic rings. The lowest BCUT2D eigenvalue weighted by molar-refractivity contribution is -0.107. The molecule has 0 aliphatic rings. The summed E-state index contributed by atoms with van der Waals surface area (Å²) in [4.78, 5) is 10.2. The molecule has 0 unspecified atom stereocenters. The van der Waals surface area contributed by atoms with Crippen molar-refractivity contribution in [2.24, 2.45) is 0 Å². The normalized spacial score (nSPS) is 10.3.